The van der Waals surface area contributed by atoms with E-state index in [-0.39, 0.29) is 0 Å². The van der Waals surface area contributed by atoms with Gasteiger partial charge in [0.2, 0.25) is 5.95 Å². The van der Waals surface area contributed by atoms with Gasteiger partial charge in [-0.3, -0.25) is 0 Å². The lowest BCUT2D eigenvalue weighted by atomic mass is 10.3. The molecule has 1 aliphatic heterocycles. The minimum atomic E-state index is 0.583. The fraction of sp³-hybridized carbons (Fsp3) is 0.667. The van der Waals surface area contributed by atoms with Crippen LogP contribution in [-0.4, -0.2) is 36.1 Å². The van der Waals surface area contributed by atoms with Crippen LogP contribution in [0.4, 0.5) is 5.95 Å². The molecule has 4 heteroatoms. The van der Waals surface area contributed by atoms with Gasteiger partial charge in [0.15, 0.2) is 0 Å². The molecule has 1 aromatic heterocycles. The summed E-state index contributed by atoms with van der Waals surface area (Å²) in [5.41, 5.74) is 1.11. The quantitative estimate of drug-likeness (QED) is 0.825. The van der Waals surface area contributed by atoms with E-state index in [1.165, 1.54) is 6.42 Å². The van der Waals surface area contributed by atoms with Crippen LogP contribution < -0.4 is 10.2 Å². The number of nitrogens with zero attached hydrogens (tertiary/aromatic N) is 3. The third kappa shape index (κ3) is 3.17. The lowest BCUT2D eigenvalue weighted by molar-refractivity contribution is 0.616. The summed E-state index contributed by atoms with van der Waals surface area (Å²) < 4.78 is 0. The zero-order chi connectivity index (χ0) is 12.0. The van der Waals surface area contributed by atoms with E-state index < -0.39 is 0 Å². The molecule has 90 valence electrons. The second kappa shape index (κ2) is 6.43. The fourth-order valence-electron chi connectivity index (χ4n) is 1.73. The Bertz CT molecular complexity index is 296. The summed E-state index contributed by atoms with van der Waals surface area (Å²) in [7, 11) is 2.00. The van der Waals surface area contributed by atoms with Gasteiger partial charge in [-0.05, 0) is 26.0 Å². The van der Waals surface area contributed by atoms with E-state index in [1.54, 1.807) is 0 Å². The van der Waals surface area contributed by atoms with Crippen LogP contribution in [0.1, 0.15) is 25.8 Å². The molecule has 0 radical (unpaired) electrons. The van der Waals surface area contributed by atoms with Crippen molar-refractivity contribution >= 4 is 5.95 Å². The maximum Gasteiger partial charge on any atom is 0.225 e. The Morgan fingerprint density at radius 1 is 1.31 bits per heavy atom. The molecule has 1 atom stereocenters. The van der Waals surface area contributed by atoms with Crippen LogP contribution in [0.25, 0.3) is 0 Å². The third-order valence-electron chi connectivity index (χ3n) is 2.65. The van der Waals surface area contributed by atoms with Crippen molar-refractivity contribution in [1.29, 1.82) is 0 Å². The van der Waals surface area contributed by atoms with Gasteiger partial charge in [-0.2, -0.15) is 0 Å². The summed E-state index contributed by atoms with van der Waals surface area (Å²) in [5.74, 6) is 0.855. The van der Waals surface area contributed by atoms with Crippen molar-refractivity contribution in [1.82, 2.24) is 15.3 Å². The van der Waals surface area contributed by atoms with Gasteiger partial charge in [-0.25, -0.2) is 9.97 Å². The molecule has 0 amide bonds. The Balaban J connectivity index is 0.000000606. The molecule has 4 nitrogen and oxygen atoms in total. The zero-order valence-electron chi connectivity index (χ0n) is 10.7. The van der Waals surface area contributed by atoms with Crippen molar-refractivity contribution in [3.05, 3.63) is 18.0 Å². The number of hydrogen-bond donors (Lipinski definition) is 1. The van der Waals surface area contributed by atoms with Crippen molar-refractivity contribution < 1.29 is 0 Å². The molecule has 1 unspecified atom stereocenters. The summed E-state index contributed by atoms with van der Waals surface area (Å²) in [5, 5.41) is 3.28. The number of aryl methyl sites for hydroxylation is 1. The number of anilines is 1. The molecular formula is C12H22N4. The fourth-order valence-corrected chi connectivity index (χ4v) is 1.73. The van der Waals surface area contributed by atoms with Gasteiger partial charge in [-0.15, -0.1) is 0 Å². The molecule has 1 aliphatic rings. The molecule has 16 heavy (non-hydrogen) atoms. The van der Waals surface area contributed by atoms with E-state index in [2.05, 4.69) is 20.2 Å². The number of nitrogens with one attached hydrogen (secondary N) is 1. The first-order valence-corrected chi connectivity index (χ1v) is 6.00. The normalized spacial score (nSPS) is 19.2. The van der Waals surface area contributed by atoms with E-state index in [0.29, 0.717) is 6.04 Å². The lowest BCUT2D eigenvalue weighted by Crippen LogP contribution is -2.30. The van der Waals surface area contributed by atoms with Crippen LogP contribution in [-0.2, 0) is 0 Å². The molecular weight excluding hydrogens is 200 g/mol. The molecule has 0 bridgehead atoms. The Hall–Kier alpha value is -1.16. The third-order valence-corrected chi connectivity index (χ3v) is 2.65. The van der Waals surface area contributed by atoms with Crippen LogP contribution in [0.15, 0.2) is 12.4 Å². The molecule has 2 heterocycles. The minimum absolute atomic E-state index is 0.583. The Kier molecular flexibility index (Phi) is 5.19. The molecule has 2 rings (SSSR count). The molecule has 0 aliphatic carbocycles. The van der Waals surface area contributed by atoms with Crippen LogP contribution in [0.5, 0.6) is 0 Å². The van der Waals surface area contributed by atoms with Crippen molar-refractivity contribution in [3.8, 4) is 0 Å². The summed E-state index contributed by atoms with van der Waals surface area (Å²) in [6, 6.07) is 0.583. The van der Waals surface area contributed by atoms with Crippen LogP contribution >= 0.6 is 0 Å². The predicted octanol–water partition coefficient (Wildman–Crippen LogP) is 1.61. The van der Waals surface area contributed by atoms with Crippen molar-refractivity contribution in [2.24, 2.45) is 0 Å². The first-order valence-electron chi connectivity index (χ1n) is 6.00. The van der Waals surface area contributed by atoms with E-state index in [4.69, 9.17) is 0 Å². The largest absolute Gasteiger partial charge is 0.339 e. The SMILES string of the molecule is CC.CNC1CCN(c2ncc(C)cn2)C1. The molecule has 1 fully saturated rings. The number of rotatable bonds is 2. The van der Waals surface area contributed by atoms with E-state index in [0.717, 1.165) is 24.6 Å². The standard InChI is InChI=1S/C10H16N4.C2H6/c1-8-5-12-10(13-6-8)14-4-3-9(7-14)11-2;1-2/h5-6,9,11H,3-4,7H2,1-2H3;1-2H3. The molecule has 0 aromatic carbocycles. The van der Waals surface area contributed by atoms with Gasteiger partial charge in [0.05, 0.1) is 0 Å². The summed E-state index contributed by atoms with van der Waals surface area (Å²) in [4.78, 5) is 10.9. The zero-order valence-corrected chi connectivity index (χ0v) is 10.7. The Morgan fingerprint density at radius 3 is 2.44 bits per heavy atom. The monoisotopic (exact) mass is 222 g/mol. The van der Waals surface area contributed by atoms with Crippen molar-refractivity contribution in [3.63, 3.8) is 0 Å². The number of hydrogen-bond acceptors (Lipinski definition) is 4. The second-order valence-electron chi connectivity index (χ2n) is 3.78. The molecule has 1 N–H and O–H groups in total. The highest BCUT2D eigenvalue weighted by Gasteiger charge is 2.22. The summed E-state index contributed by atoms with van der Waals surface area (Å²) in [6.45, 7) is 8.07. The highest BCUT2D eigenvalue weighted by Crippen LogP contribution is 2.15. The second-order valence-corrected chi connectivity index (χ2v) is 3.78. The smallest absolute Gasteiger partial charge is 0.225 e. The van der Waals surface area contributed by atoms with Gasteiger partial charge in [0.1, 0.15) is 0 Å². The predicted molar refractivity (Wildman–Crippen MR) is 67.8 cm³/mol. The first kappa shape index (κ1) is 12.9. The molecule has 1 saturated heterocycles. The van der Waals surface area contributed by atoms with E-state index in [1.807, 2.05) is 40.2 Å². The van der Waals surface area contributed by atoms with Crippen LogP contribution in [0.3, 0.4) is 0 Å². The first-order chi connectivity index (χ1) is 7.79. The lowest BCUT2D eigenvalue weighted by Gasteiger charge is -2.15. The van der Waals surface area contributed by atoms with Gasteiger partial charge in [-0.1, -0.05) is 13.8 Å². The van der Waals surface area contributed by atoms with Gasteiger partial charge < -0.3 is 10.2 Å². The topological polar surface area (TPSA) is 41.0 Å². The van der Waals surface area contributed by atoms with Crippen molar-refractivity contribution in [2.45, 2.75) is 33.2 Å². The Labute approximate surface area is 98.1 Å². The van der Waals surface area contributed by atoms with Gasteiger partial charge >= 0.3 is 0 Å². The highest BCUT2D eigenvalue weighted by molar-refractivity contribution is 5.32. The highest BCUT2D eigenvalue weighted by atomic mass is 15.3. The molecule has 0 spiro atoms. The number of likely N-dealkylation sites (N-methyl/N-ethyl adjacent to an activating group) is 1. The van der Waals surface area contributed by atoms with Crippen LogP contribution in [0, 0.1) is 6.92 Å². The average Bonchev–Trinajstić information content (AvgIpc) is 2.81. The average molecular weight is 222 g/mol. The van der Waals surface area contributed by atoms with Crippen molar-refractivity contribution in [2.75, 3.05) is 25.0 Å². The van der Waals surface area contributed by atoms with E-state index >= 15 is 0 Å². The summed E-state index contributed by atoms with van der Waals surface area (Å²) >= 11 is 0. The molecule has 0 saturated carbocycles. The Morgan fingerprint density at radius 2 is 1.94 bits per heavy atom. The molecule has 1 aromatic rings. The number of aromatic nitrogens is 2. The summed E-state index contributed by atoms with van der Waals surface area (Å²) in [6.07, 6.45) is 4.91. The van der Waals surface area contributed by atoms with Gasteiger partial charge in [0.25, 0.3) is 0 Å². The van der Waals surface area contributed by atoms with E-state index in [9.17, 15) is 0 Å². The maximum absolute atomic E-state index is 4.32. The minimum Gasteiger partial charge on any atom is -0.339 e. The maximum atomic E-state index is 4.32. The van der Waals surface area contributed by atoms with Crippen LogP contribution in [0.2, 0.25) is 0 Å². The van der Waals surface area contributed by atoms with Gasteiger partial charge in [0, 0.05) is 31.5 Å².